The van der Waals surface area contributed by atoms with Crippen molar-refractivity contribution in [3.05, 3.63) is 18.2 Å². The Morgan fingerprint density at radius 2 is 2.35 bits per heavy atom. The largest absolute Gasteiger partial charge is 0.378 e. The van der Waals surface area contributed by atoms with E-state index in [-0.39, 0.29) is 17.4 Å². The van der Waals surface area contributed by atoms with Crippen molar-refractivity contribution < 1.29 is 9.53 Å². The van der Waals surface area contributed by atoms with Gasteiger partial charge in [-0.1, -0.05) is 13.8 Å². The van der Waals surface area contributed by atoms with E-state index in [1.165, 1.54) is 0 Å². The van der Waals surface area contributed by atoms with Crippen LogP contribution in [0.4, 0.5) is 0 Å². The van der Waals surface area contributed by atoms with E-state index < -0.39 is 5.54 Å². The molecule has 6 nitrogen and oxygen atoms in total. The zero-order valence-corrected chi connectivity index (χ0v) is 12.6. The SMILES string of the molecule is CCOC1CC(N)(C(=O)NCc2nccn2C)C1(C)C. The topological polar surface area (TPSA) is 82.2 Å². The van der Waals surface area contributed by atoms with Gasteiger partial charge in [-0.05, 0) is 6.92 Å². The molecule has 2 unspecified atom stereocenters. The fraction of sp³-hybridized carbons (Fsp3) is 0.714. The van der Waals surface area contributed by atoms with Crippen molar-refractivity contribution in [3.8, 4) is 0 Å². The molecule has 1 amide bonds. The number of ether oxygens (including phenoxy) is 1. The smallest absolute Gasteiger partial charge is 0.241 e. The molecule has 0 radical (unpaired) electrons. The number of hydrogen-bond acceptors (Lipinski definition) is 4. The summed E-state index contributed by atoms with van der Waals surface area (Å²) in [4.78, 5) is 16.6. The Morgan fingerprint density at radius 3 is 2.85 bits per heavy atom. The van der Waals surface area contributed by atoms with Crippen LogP contribution in [0.5, 0.6) is 0 Å². The van der Waals surface area contributed by atoms with Crippen molar-refractivity contribution in [1.82, 2.24) is 14.9 Å². The van der Waals surface area contributed by atoms with E-state index in [4.69, 9.17) is 10.5 Å². The molecule has 1 saturated carbocycles. The fourth-order valence-electron chi connectivity index (χ4n) is 2.70. The highest BCUT2D eigenvalue weighted by Crippen LogP contribution is 2.49. The average molecular weight is 280 g/mol. The van der Waals surface area contributed by atoms with Gasteiger partial charge in [0.1, 0.15) is 11.4 Å². The van der Waals surface area contributed by atoms with Gasteiger partial charge in [-0.25, -0.2) is 4.98 Å². The van der Waals surface area contributed by atoms with E-state index in [0.717, 1.165) is 5.82 Å². The van der Waals surface area contributed by atoms with Crippen LogP contribution in [0.25, 0.3) is 0 Å². The summed E-state index contributed by atoms with van der Waals surface area (Å²) < 4.78 is 7.51. The van der Waals surface area contributed by atoms with Crippen molar-refractivity contribution in [1.29, 1.82) is 0 Å². The summed E-state index contributed by atoms with van der Waals surface area (Å²) in [7, 11) is 1.89. The van der Waals surface area contributed by atoms with E-state index in [1.807, 2.05) is 38.6 Å². The van der Waals surface area contributed by atoms with E-state index >= 15 is 0 Å². The third kappa shape index (κ3) is 2.23. The highest BCUT2D eigenvalue weighted by molar-refractivity contribution is 5.88. The van der Waals surface area contributed by atoms with Crippen LogP contribution in [0, 0.1) is 5.41 Å². The van der Waals surface area contributed by atoms with Crippen molar-refractivity contribution in [2.45, 2.75) is 45.4 Å². The summed E-state index contributed by atoms with van der Waals surface area (Å²) in [5.74, 6) is 0.668. The molecule has 3 N–H and O–H groups in total. The predicted molar refractivity (Wildman–Crippen MR) is 75.8 cm³/mol. The Morgan fingerprint density at radius 1 is 1.65 bits per heavy atom. The second-order valence-corrected chi connectivity index (χ2v) is 5.98. The first-order valence-corrected chi connectivity index (χ1v) is 6.98. The lowest BCUT2D eigenvalue weighted by Crippen LogP contribution is -2.75. The lowest BCUT2D eigenvalue weighted by molar-refractivity contribution is -0.170. The average Bonchev–Trinajstić information content (AvgIpc) is 2.81. The van der Waals surface area contributed by atoms with Crippen molar-refractivity contribution in [2.75, 3.05) is 6.61 Å². The molecule has 1 fully saturated rings. The van der Waals surface area contributed by atoms with Gasteiger partial charge < -0.3 is 20.4 Å². The van der Waals surface area contributed by atoms with Crippen LogP contribution in [0.1, 0.15) is 33.0 Å². The molecule has 0 saturated heterocycles. The van der Waals surface area contributed by atoms with Crippen LogP contribution >= 0.6 is 0 Å². The number of carbonyl (C=O) groups excluding carboxylic acids is 1. The number of hydrogen-bond donors (Lipinski definition) is 2. The highest BCUT2D eigenvalue weighted by atomic mass is 16.5. The Kier molecular flexibility index (Phi) is 3.88. The molecule has 0 aromatic carbocycles. The molecular formula is C14H24N4O2. The number of aromatic nitrogens is 2. The van der Waals surface area contributed by atoms with E-state index in [1.54, 1.807) is 6.20 Å². The van der Waals surface area contributed by atoms with Gasteiger partial charge in [0.25, 0.3) is 0 Å². The molecule has 20 heavy (non-hydrogen) atoms. The summed E-state index contributed by atoms with van der Waals surface area (Å²) in [5, 5.41) is 2.88. The second-order valence-electron chi connectivity index (χ2n) is 5.98. The zero-order valence-electron chi connectivity index (χ0n) is 12.6. The van der Waals surface area contributed by atoms with Gasteiger partial charge in [0.05, 0.1) is 12.6 Å². The third-order valence-electron chi connectivity index (χ3n) is 4.56. The summed E-state index contributed by atoms with van der Waals surface area (Å²) in [6.07, 6.45) is 4.15. The number of nitrogens with one attached hydrogen (secondary N) is 1. The standard InChI is InChI=1S/C14H24N4O2/c1-5-20-10-8-14(15,13(10,2)3)12(19)17-9-11-16-6-7-18(11)4/h6-7,10H,5,8-9,15H2,1-4H3,(H,17,19). The van der Waals surface area contributed by atoms with Crippen LogP contribution in [0.3, 0.4) is 0 Å². The van der Waals surface area contributed by atoms with Crippen LogP contribution in [0.15, 0.2) is 12.4 Å². The maximum Gasteiger partial charge on any atom is 0.241 e. The molecule has 1 aromatic heterocycles. The first kappa shape index (κ1) is 15.0. The molecule has 1 aromatic rings. The molecule has 2 rings (SSSR count). The predicted octanol–water partition coefficient (Wildman–Crippen LogP) is 0.569. The Bertz CT molecular complexity index is 497. The zero-order chi connectivity index (χ0) is 15.0. The summed E-state index contributed by atoms with van der Waals surface area (Å²) in [5.41, 5.74) is 5.06. The Balaban J connectivity index is 1.98. The molecule has 1 heterocycles. The monoisotopic (exact) mass is 280 g/mol. The molecule has 112 valence electrons. The Labute approximate surface area is 119 Å². The first-order chi connectivity index (χ1) is 9.33. The van der Waals surface area contributed by atoms with Gasteiger partial charge in [-0.15, -0.1) is 0 Å². The van der Waals surface area contributed by atoms with Crippen LogP contribution < -0.4 is 11.1 Å². The van der Waals surface area contributed by atoms with Gasteiger partial charge >= 0.3 is 0 Å². The molecule has 2 atom stereocenters. The number of amides is 1. The number of nitrogens with zero attached hydrogens (tertiary/aromatic N) is 2. The van der Waals surface area contributed by atoms with Gasteiger partial charge in [0, 0.05) is 37.9 Å². The van der Waals surface area contributed by atoms with Gasteiger partial charge in [-0.2, -0.15) is 0 Å². The molecule has 6 heteroatoms. The minimum atomic E-state index is -0.877. The minimum Gasteiger partial charge on any atom is -0.378 e. The van der Waals surface area contributed by atoms with E-state index in [2.05, 4.69) is 10.3 Å². The molecule has 1 aliphatic rings. The number of aryl methyl sites for hydroxylation is 1. The summed E-state index contributed by atoms with van der Waals surface area (Å²) in [6.45, 7) is 6.94. The fourth-order valence-corrected chi connectivity index (χ4v) is 2.70. The van der Waals surface area contributed by atoms with Gasteiger partial charge in [0.2, 0.25) is 5.91 Å². The van der Waals surface area contributed by atoms with Crippen LogP contribution in [0.2, 0.25) is 0 Å². The molecular weight excluding hydrogens is 256 g/mol. The van der Waals surface area contributed by atoms with E-state index in [0.29, 0.717) is 19.6 Å². The highest BCUT2D eigenvalue weighted by Gasteiger charge is 2.62. The molecule has 1 aliphatic carbocycles. The maximum absolute atomic E-state index is 12.4. The van der Waals surface area contributed by atoms with Gasteiger partial charge in [0.15, 0.2) is 0 Å². The third-order valence-corrected chi connectivity index (χ3v) is 4.56. The van der Waals surface area contributed by atoms with Gasteiger partial charge in [-0.3, -0.25) is 4.79 Å². The molecule has 0 spiro atoms. The number of carbonyl (C=O) groups is 1. The molecule has 0 bridgehead atoms. The summed E-state index contributed by atoms with van der Waals surface area (Å²) in [6, 6.07) is 0. The van der Waals surface area contributed by atoms with Crippen LogP contribution in [-0.4, -0.2) is 33.7 Å². The molecule has 0 aliphatic heterocycles. The number of nitrogens with two attached hydrogens (primary N) is 1. The van der Waals surface area contributed by atoms with Crippen molar-refractivity contribution in [2.24, 2.45) is 18.2 Å². The normalized spacial score (nSPS) is 27.9. The second kappa shape index (κ2) is 5.18. The quantitative estimate of drug-likeness (QED) is 0.826. The minimum absolute atomic E-state index is 0.0383. The number of imidazole rings is 1. The maximum atomic E-state index is 12.4. The van der Waals surface area contributed by atoms with Crippen molar-refractivity contribution in [3.63, 3.8) is 0 Å². The summed E-state index contributed by atoms with van der Waals surface area (Å²) >= 11 is 0. The Hall–Kier alpha value is -1.40. The van der Waals surface area contributed by atoms with E-state index in [9.17, 15) is 4.79 Å². The van der Waals surface area contributed by atoms with Crippen molar-refractivity contribution >= 4 is 5.91 Å². The lowest BCUT2D eigenvalue weighted by atomic mass is 9.54. The number of rotatable bonds is 5. The lowest BCUT2D eigenvalue weighted by Gasteiger charge is -2.57. The van der Waals surface area contributed by atoms with Crippen LogP contribution in [-0.2, 0) is 23.1 Å². The first-order valence-electron chi connectivity index (χ1n) is 6.98.